The third-order valence-corrected chi connectivity index (χ3v) is 4.17. The van der Waals surface area contributed by atoms with Gasteiger partial charge in [-0.2, -0.15) is 10.4 Å². The molecule has 23 heavy (non-hydrogen) atoms. The number of hydrogen-bond acceptors (Lipinski definition) is 5. The van der Waals surface area contributed by atoms with Crippen molar-refractivity contribution in [2.75, 3.05) is 18.9 Å². The van der Waals surface area contributed by atoms with E-state index in [9.17, 15) is 4.79 Å². The van der Waals surface area contributed by atoms with Crippen LogP contribution in [0.3, 0.4) is 0 Å². The highest BCUT2D eigenvalue weighted by Crippen LogP contribution is 2.36. The summed E-state index contributed by atoms with van der Waals surface area (Å²) in [5.74, 6) is 0.907. The molecule has 1 aliphatic heterocycles. The normalized spacial score (nSPS) is 20.6. The largest absolute Gasteiger partial charge is 0.370 e. The fraction of sp³-hybridized carbons (Fsp3) is 0.375. The smallest absolute Gasteiger partial charge is 0.223 e. The first-order valence-corrected chi connectivity index (χ1v) is 7.43. The van der Waals surface area contributed by atoms with E-state index in [4.69, 9.17) is 5.26 Å². The second-order valence-corrected chi connectivity index (χ2v) is 5.76. The summed E-state index contributed by atoms with van der Waals surface area (Å²) in [6.45, 7) is 0.609. The van der Waals surface area contributed by atoms with Crippen LogP contribution in [-0.4, -0.2) is 39.2 Å². The Kier molecular flexibility index (Phi) is 3.98. The van der Waals surface area contributed by atoms with Gasteiger partial charge in [0.2, 0.25) is 5.91 Å². The molecule has 118 valence electrons. The quantitative estimate of drug-likeness (QED) is 0.920. The number of nitriles is 1. The molecule has 0 saturated carbocycles. The Morgan fingerprint density at radius 2 is 2.26 bits per heavy atom. The molecule has 0 bridgehead atoms. The number of likely N-dealkylation sites (tertiary alicyclic amines) is 1. The predicted octanol–water partition coefficient (Wildman–Crippen LogP) is 1.32. The van der Waals surface area contributed by atoms with E-state index < -0.39 is 0 Å². The van der Waals surface area contributed by atoms with Crippen LogP contribution in [0.4, 0.5) is 5.82 Å². The Morgan fingerprint density at radius 3 is 2.96 bits per heavy atom. The third kappa shape index (κ3) is 3.01. The molecular weight excluding hydrogens is 292 g/mol. The van der Waals surface area contributed by atoms with Crippen molar-refractivity contribution in [3.8, 4) is 6.07 Å². The van der Waals surface area contributed by atoms with Crippen molar-refractivity contribution in [2.45, 2.75) is 12.5 Å². The number of carbonyl (C=O) groups excluding carboxylic acids is 1. The lowest BCUT2D eigenvalue weighted by Crippen LogP contribution is -2.26. The fourth-order valence-electron chi connectivity index (χ4n) is 3.05. The minimum atomic E-state index is 0.00264. The molecule has 3 heterocycles. The van der Waals surface area contributed by atoms with Crippen LogP contribution in [0.5, 0.6) is 0 Å². The second-order valence-electron chi connectivity index (χ2n) is 5.76. The van der Waals surface area contributed by atoms with E-state index in [-0.39, 0.29) is 17.9 Å². The number of aromatic nitrogens is 3. The number of nitrogens with zero attached hydrogens (tertiary/aromatic N) is 5. The molecule has 2 atom stereocenters. The van der Waals surface area contributed by atoms with Crippen molar-refractivity contribution < 1.29 is 4.79 Å². The van der Waals surface area contributed by atoms with Crippen LogP contribution in [0.25, 0.3) is 0 Å². The van der Waals surface area contributed by atoms with Crippen molar-refractivity contribution in [1.82, 2.24) is 19.7 Å². The molecule has 0 aromatic carbocycles. The molecule has 2 aromatic heterocycles. The minimum absolute atomic E-state index is 0.00264. The van der Waals surface area contributed by atoms with Crippen LogP contribution in [0.1, 0.15) is 23.7 Å². The molecule has 1 aliphatic rings. The molecule has 0 unspecified atom stereocenters. The van der Waals surface area contributed by atoms with Gasteiger partial charge in [0.15, 0.2) is 0 Å². The molecule has 1 fully saturated rings. The number of aryl methyl sites for hydroxylation is 1. The van der Waals surface area contributed by atoms with Gasteiger partial charge in [0.1, 0.15) is 17.6 Å². The van der Waals surface area contributed by atoms with Gasteiger partial charge in [-0.25, -0.2) is 4.98 Å². The SMILES string of the molecule is CN1C(=O)C[C@@H](CNc2cccc(C#N)n2)[C@@H]1c1cnn(C)c1. The van der Waals surface area contributed by atoms with Crippen molar-refractivity contribution in [3.05, 3.63) is 41.9 Å². The molecule has 3 rings (SSSR count). The summed E-state index contributed by atoms with van der Waals surface area (Å²) in [7, 11) is 3.69. The van der Waals surface area contributed by atoms with Gasteiger partial charge in [-0.15, -0.1) is 0 Å². The average molecular weight is 310 g/mol. The van der Waals surface area contributed by atoms with Gasteiger partial charge in [0.25, 0.3) is 0 Å². The number of anilines is 1. The molecule has 1 N–H and O–H groups in total. The van der Waals surface area contributed by atoms with Gasteiger partial charge >= 0.3 is 0 Å². The average Bonchev–Trinajstić information content (AvgIpc) is 3.09. The molecular formula is C16H18N6O. The molecule has 1 amide bonds. The maximum Gasteiger partial charge on any atom is 0.223 e. The number of hydrogen-bond donors (Lipinski definition) is 1. The highest BCUT2D eigenvalue weighted by atomic mass is 16.2. The number of pyridine rings is 1. The van der Waals surface area contributed by atoms with E-state index in [1.165, 1.54) is 0 Å². The first kappa shape index (κ1) is 15.0. The van der Waals surface area contributed by atoms with E-state index >= 15 is 0 Å². The second kappa shape index (κ2) is 6.08. The topological polar surface area (TPSA) is 86.8 Å². The number of amides is 1. The zero-order valence-corrected chi connectivity index (χ0v) is 13.1. The number of rotatable bonds is 4. The lowest BCUT2D eigenvalue weighted by atomic mass is 9.96. The Bertz CT molecular complexity index is 762. The zero-order valence-electron chi connectivity index (χ0n) is 13.1. The number of carbonyl (C=O) groups is 1. The summed E-state index contributed by atoms with van der Waals surface area (Å²) >= 11 is 0. The van der Waals surface area contributed by atoms with Crippen molar-refractivity contribution in [2.24, 2.45) is 13.0 Å². The van der Waals surface area contributed by atoms with Crippen LogP contribution in [-0.2, 0) is 11.8 Å². The van der Waals surface area contributed by atoms with E-state index in [1.807, 2.05) is 32.4 Å². The van der Waals surface area contributed by atoms with Crippen molar-refractivity contribution in [3.63, 3.8) is 0 Å². The van der Waals surface area contributed by atoms with Crippen molar-refractivity contribution in [1.29, 1.82) is 5.26 Å². The molecule has 7 nitrogen and oxygen atoms in total. The summed E-state index contributed by atoms with van der Waals surface area (Å²) in [4.78, 5) is 18.1. The first-order chi connectivity index (χ1) is 11.1. The van der Waals surface area contributed by atoms with Gasteiger partial charge < -0.3 is 10.2 Å². The Labute approximate surface area is 134 Å². The summed E-state index contributed by atoms with van der Waals surface area (Å²) in [6, 6.07) is 7.30. The number of nitrogens with one attached hydrogen (secondary N) is 1. The molecule has 7 heteroatoms. The van der Waals surface area contributed by atoms with Crippen LogP contribution < -0.4 is 5.32 Å². The van der Waals surface area contributed by atoms with Crippen LogP contribution in [0.2, 0.25) is 0 Å². The van der Waals surface area contributed by atoms with Gasteiger partial charge in [-0.1, -0.05) is 6.07 Å². The summed E-state index contributed by atoms with van der Waals surface area (Å²) < 4.78 is 1.74. The van der Waals surface area contributed by atoms with E-state index in [2.05, 4.69) is 15.4 Å². The summed E-state index contributed by atoms with van der Waals surface area (Å²) in [5.41, 5.74) is 1.41. The molecule has 2 aromatic rings. The molecule has 1 saturated heterocycles. The lowest BCUT2D eigenvalue weighted by molar-refractivity contribution is -0.127. The highest BCUT2D eigenvalue weighted by molar-refractivity contribution is 5.79. The van der Waals surface area contributed by atoms with E-state index in [1.54, 1.807) is 27.9 Å². The third-order valence-electron chi connectivity index (χ3n) is 4.17. The Balaban J connectivity index is 1.75. The van der Waals surface area contributed by atoms with Crippen molar-refractivity contribution >= 4 is 11.7 Å². The van der Waals surface area contributed by atoms with Crippen LogP contribution in [0, 0.1) is 17.2 Å². The zero-order chi connectivity index (χ0) is 16.4. The molecule has 0 spiro atoms. The first-order valence-electron chi connectivity index (χ1n) is 7.43. The van der Waals surface area contributed by atoms with Crippen LogP contribution in [0.15, 0.2) is 30.6 Å². The fourth-order valence-corrected chi connectivity index (χ4v) is 3.05. The molecule has 0 radical (unpaired) electrons. The van der Waals surface area contributed by atoms with Crippen LogP contribution >= 0.6 is 0 Å². The Morgan fingerprint density at radius 1 is 1.43 bits per heavy atom. The highest BCUT2D eigenvalue weighted by Gasteiger charge is 2.38. The standard InChI is InChI=1S/C16H18N6O/c1-21-10-12(9-19-21)16-11(6-15(23)22(16)2)8-18-14-5-3-4-13(7-17)20-14/h3-5,9-11,16H,6,8H2,1-2H3,(H,18,20)/t11-,16+/m0/s1. The molecule has 0 aliphatic carbocycles. The van der Waals surface area contributed by atoms with Gasteiger partial charge in [-0.3, -0.25) is 9.48 Å². The van der Waals surface area contributed by atoms with Gasteiger partial charge in [0, 0.05) is 44.7 Å². The van der Waals surface area contributed by atoms with E-state index in [0.717, 1.165) is 5.56 Å². The van der Waals surface area contributed by atoms with E-state index in [0.29, 0.717) is 24.5 Å². The maximum atomic E-state index is 12.1. The summed E-state index contributed by atoms with van der Waals surface area (Å²) in [6.07, 6.45) is 4.24. The predicted molar refractivity (Wildman–Crippen MR) is 84.3 cm³/mol. The lowest BCUT2D eigenvalue weighted by Gasteiger charge is -2.24. The Hall–Kier alpha value is -2.88. The minimum Gasteiger partial charge on any atom is -0.370 e. The van der Waals surface area contributed by atoms with Gasteiger partial charge in [-0.05, 0) is 12.1 Å². The maximum absolute atomic E-state index is 12.1. The monoisotopic (exact) mass is 310 g/mol. The van der Waals surface area contributed by atoms with Gasteiger partial charge in [0.05, 0.1) is 12.2 Å². The summed E-state index contributed by atoms with van der Waals surface area (Å²) in [5, 5.41) is 16.4.